The number of nitrogens with one attached hydrogen (secondary N) is 1. The maximum Gasteiger partial charge on any atom is 0.324 e. The van der Waals surface area contributed by atoms with Gasteiger partial charge in [0.25, 0.3) is 5.91 Å². The Morgan fingerprint density at radius 1 is 1.24 bits per heavy atom. The van der Waals surface area contributed by atoms with Gasteiger partial charge in [-0.3, -0.25) is 14.5 Å². The molecular weight excluding hydrogens is 326 g/mol. The second-order valence-electron chi connectivity index (χ2n) is 6.07. The third-order valence-electron chi connectivity index (χ3n) is 4.39. The quantitative estimate of drug-likeness (QED) is 0.724. The number of β-amino-alcohol motifs (C(OH)–C–C–N with tert-alkyl or cyclic N) is 1. The minimum atomic E-state index is -0.968. The lowest BCUT2D eigenvalue weighted by Gasteiger charge is -2.27. The van der Waals surface area contributed by atoms with E-state index in [-0.39, 0.29) is 18.9 Å². The number of ether oxygens (including phenoxy) is 1. The van der Waals surface area contributed by atoms with Crippen molar-refractivity contribution in [2.45, 2.75) is 18.6 Å². The van der Waals surface area contributed by atoms with E-state index in [1.54, 1.807) is 29.2 Å². The molecule has 2 atom stereocenters. The zero-order chi connectivity index (χ0) is 17.8. The van der Waals surface area contributed by atoms with E-state index in [0.29, 0.717) is 31.9 Å². The van der Waals surface area contributed by atoms with Crippen molar-refractivity contribution < 1.29 is 24.2 Å². The number of hydrogen-bond donors (Lipinski definition) is 2. The van der Waals surface area contributed by atoms with Gasteiger partial charge in [-0.05, 0) is 5.56 Å². The highest BCUT2D eigenvalue weighted by molar-refractivity contribution is 6.05. The Balaban J connectivity index is 1.59. The molecule has 25 heavy (non-hydrogen) atoms. The fourth-order valence-corrected chi connectivity index (χ4v) is 2.96. The molecule has 2 aliphatic heterocycles. The number of amides is 4. The predicted octanol–water partition coefficient (Wildman–Crippen LogP) is -0.111. The summed E-state index contributed by atoms with van der Waals surface area (Å²) in [6.07, 6.45) is -1.05. The lowest BCUT2D eigenvalue weighted by molar-refractivity contribution is -0.138. The minimum Gasteiger partial charge on any atom is -0.387 e. The van der Waals surface area contributed by atoms with Crippen LogP contribution in [0, 0.1) is 0 Å². The Hall–Kier alpha value is -2.45. The molecule has 1 aromatic carbocycles. The van der Waals surface area contributed by atoms with Crippen molar-refractivity contribution in [3.05, 3.63) is 35.9 Å². The Bertz CT molecular complexity index is 645. The highest BCUT2D eigenvalue weighted by atomic mass is 16.5. The molecule has 2 N–H and O–H groups in total. The molecule has 0 unspecified atom stereocenters. The summed E-state index contributed by atoms with van der Waals surface area (Å²) in [6, 6.07) is 7.34. The highest BCUT2D eigenvalue weighted by Crippen LogP contribution is 2.18. The first-order chi connectivity index (χ1) is 12.1. The number of carbonyl (C=O) groups is 3. The third kappa shape index (κ3) is 3.97. The van der Waals surface area contributed by atoms with Gasteiger partial charge in [0.1, 0.15) is 6.04 Å². The summed E-state index contributed by atoms with van der Waals surface area (Å²) >= 11 is 0. The van der Waals surface area contributed by atoms with Crippen LogP contribution in [-0.4, -0.2) is 71.6 Å². The molecule has 0 spiro atoms. The Kier molecular flexibility index (Phi) is 5.30. The van der Waals surface area contributed by atoms with E-state index in [1.165, 1.54) is 0 Å². The van der Waals surface area contributed by atoms with Crippen molar-refractivity contribution in [2.24, 2.45) is 0 Å². The van der Waals surface area contributed by atoms with Gasteiger partial charge in [-0.1, -0.05) is 30.3 Å². The summed E-state index contributed by atoms with van der Waals surface area (Å²) < 4.78 is 5.19. The average Bonchev–Trinajstić information content (AvgIpc) is 2.90. The number of aliphatic hydroxyl groups excluding tert-OH is 1. The highest BCUT2D eigenvalue weighted by Gasteiger charge is 2.40. The van der Waals surface area contributed by atoms with E-state index in [0.717, 1.165) is 4.90 Å². The zero-order valence-corrected chi connectivity index (χ0v) is 13.8. The molecule has 134 valence electrons. The second kappa shape index (κ2) is 7.62. The van der Waals surface area contributed by atoms with Crippen molar-refractivity contribution >= 4 is 17.8 Å². The number of nitrogens with zero attached hydrogens (tertiary/aromatic N) is 2. The van der Waals surface area contributed by atoms with Crippen LogP contribution in [0.25, 0.3) is 0 Å². The largest absolute Gasteiger partial charge is 0.387 e. The fourth-order valence-electron chi connectivity index (χ4n) is 2.96. The average molecular weight is 347 g/mol. The van der Waals surface area contributed by atoms with Crippen LogP contribution >= 0.6 is 0 Å². The van der Waals surface area contributed by atoms with Gasteiger partial charge in [-0.2, -0.15) is 0 Å². The van der Waals surface area contributed by atoms with Crippen LogP contribution in [0.4, 0.5) is 4.79 Å². The number of hydrogen-bond acceptors (Lipinski definition) is 5. The summed E-state index contributed by atoms with van der Waals surface area (Å²) in [5, 5.41) is 12.8. The molecule has 3 rings (SSSR count). The summed E-state index contributed by atoms with van der Waals surface area (Å²) in [5.74, 6) is -0.672. The number of aliphatic hydroxyl groups is 1. The number of carbonyl (C=O) groups excluding carboxylic acids is 3. The molecule has 2 heterocycles. The molecule has 2 aliphatic rings. The Morgan fingerprint density at radius 2 is 1.92 bits per heavy atom. The molecule has 8 nitrogen and oxygen atoms in total. The van der Waals surface area contributed by atoms with E-state index in [9.17, 15) is 19.5 Å². The first kappa shape index (κ1) is 17.4. The maximum absolute atomic E-state index is 12.4. The van der Waals surface area contributed by atoms with Crippen LogP contribution in [-0.2, 0) is 14.3 Å². The summed E-state index contributed by atoms with van der Waals surface area (Å²) in [4.78, 5) is 39.3. The lowest BCUT2D eigenvalue weighted by atomic mass is 10.1. The smallest absolute Gasteiger partial charge is 0.324 e. The first-order valence-electron chi connectivity index (χ1n) is 8.26. The fraction of sp³-hybridized carbons (Fsp3) is 0.471. The van der Waals surface area contributed by atoms with Gasteiger partial charge in [-0.15, -0.1) is 0 Å². The molecule has 0 saturated carbocycles. The maximum atomic E-state index is 12.4. The summed E-state index contributed by atoms with van der Waals surface area (Å²) in [7, 11) is 0. The van der Waals surface area contributed by atoms with Gasteiger partial charge in [0, 0.05) is 13.1 Å². The predicted molar refractivity (Wildman–Crippen MR) is 87.5 cm³/mol. The number of morpholine rings is 1. The Labute approximate surface area is 145 Å². The van der Waals surface area contributed by atoms with Crippen LogP contribution in [0.1, 0.15) is 18.1 Å². The van der Waals surface area contributed by atoms with Gasteiger partial charge in [0.15, 0.2) is 0 Å². The second-order valence-corrected chi connectivity index (χ2v) is 6.07. The summed E-state index contributed by atoms with van der Waals surface area (Å²) in [5.41, 5.74) is 0.621. The molecule has 2 fully saturated rings. The van der Waals surface area contributed by atoms with E-state index in [1.807, 2.05) is 6.07 Å². The van der Waals surface area contributed by atoms with Gasteiger partial charge in [-0.25, -0.2) is 4.79 Å². The molecule has 4 amide bonds. The number of rotatable bonds is 5. The van der Waals surface area contributed by atoms with Crippen molar-refractivity contribution in [2.75, 3.05) is 32.8 Å². The normalized spacial score (nSPS) is 22.0. The molecule has 1 aromatic rings. The van der Waals surface area contributed by atoms with Crippen LogP contribution in [0.2, 0.25) is 0 Å². The molecule has 0 bridgehead atoms. The standard InChI is InChI=1S/C17H21N3O5/c21-14(12-4-2-1-3-5-12)11-20-16(23)13(18-17(20)24)10-15(22)19-6-8-25-9-7-19/h1-5,13-14,21H,6-11H2,(H,18,24)/t13-,14-/m1/s1. The van der Waals surface area contributed by atoms with Crippen LogP contribution in [0.3, 0.4) is 0 Å². The van der Waals surface area contributed by atoms with Crippen molar-refractivity contribution in [3.63, 3.8) is 0 Å². The molecule has 0 aromatic heterocycles. The minimum absolute atomic E-state index is 0.0808. The first-order valence-corrected chi connectivity index (χ1v) is 8.26. The third-order valence-corrected chi connectivity index (χ3v) is 4.39. The van der Waals surface area contributed by atoms with Crippen molar-refractivity contribution in [3.8, 4) is 0 Å². The lowest BCUT2D eigenvalue weighted by Crippen LogP contribution is -2.44. The number of urea groups is 1. The number of imide groups is 1. The van der Waals surface area contributed by atoms with Gasteiger partial charge in [0.05, 0.1) is 32.3 Å². The monoisotopic (exact) mass is 347 g/mol. The van der Waals surface area contributed by atoms with Crippen molar-refractivity contribution in [1.29, 1.82) is 0 Å². The van der Waals surface area contributed by atoms with E-state index in [4.69, 9.17) is 4.74 Å². The molecule has 8 heteroatoms. The Morgan fingerprint density at radius 3 is 2.60 bits per heavy atom. The SMILES string of the molecule is O=C(C[C@H]1NC(=O)N(C[C@@H](O)c2ccccc2)C1=O)N1CCOCC1. The molecule has 0 aliphatic carbocycles. The van der Waals surface area contributed by atoms with E-state index in [2.05, 4.69) is 5.32 Å². The van der Waals surface area contributed by atoms with Crippen LogP contribution in [0.5, 0.6) is 0 Å². The summed E-state index contributed by atoms with van der Waals surface area (Å²) in [6.45, 7) is 1.80. The molecule has 2 saturated heterocycles. The molecule has 0 radical (unpaired) electrons. The van der Waals surface area contributed by atoms with Crippen LogP contribution < -0.4 is 5.32 Å². The zero-order valence-electron chi connectivity index (χ0n) is 13.8. The van der Waals surface area contributed by atoms with Gasteiger partial charge in [0.2, 0.25) is 5.91 Å². The van der Waals surface area contributed by atoms with Gasteiger partial charge >= 0.3 is 6.03 Å². The number of benzene rings is 1. The van der Waals surface area contributed by atoms with E-state index >= 15 is 0 Å². The molecular formula is C17H21N3O5. The topological polar surface area (TPSA) is 99.2 Å². The van der Waals surface area contributed by atoms with Gasteiger partial charge < -0.3 is 20.1 Å². The van der Waals surface area contributed by atoms with Crippen LogP contribution in [0.15, 0.2) is 30.3 Å². The van der Waals surface area contributed by atoms with E-state index < -0.39 is 24.1 Å². The van der Waals surface area contributed by atoms with Crippen molar-refractivity contribution in [1.82, 2.24) is 15.1 Å².